The largest absolute Gasteiger partial charge is 0.476 e. The van der Waals surface area contributed by atoms with Gasteiger partial charge < -0.3 is 10.1 Å². The van der Waals surface area contributed by atoms with Crippen LogP contribution in [0, 0.1) is 12.7 Å². The highest BCUT2D eigenvalue weighted by molar-refractivity contribution is 6.05. The van der Waals surface area contributed by atoms with E-state index < -0.39 is 5.91 Å². The molecule has 0 aliphatic heterocycles. The van der Waals surface area contributed by atoms with Crippen molar-refractivity contribution in [1.82, 2.24) is 9.97 Å². The lowest BCUT2D eigenvalue weighted by atomic mass is 10.2. The summed E-state index contributed by atoms with van der Waals surface area (Å²) in [5.41, 5.74) is 2.48. The van der Waals surface area contributed by atoms with Crippen LogP contribution in [0.1, 0.15) is 23.0 Å². The molecule has 0 unspecified atom stereocenters. The third-order valence-corrected chi connectivity index (χ3v) is 3.47. The minimum absolute atomic E-state index is 0.0966. The molecule has 0 radical (unpaired) electrons. The fourth-order valence-electron chi connectivity index (χ4n) is 2.32. The number of anilines is 1. The fraction of sp³-hybridized carbons (Fsp3) is 0.167. The third kappa shape index (κ3) is 3.17. The van der Waals surface area contributed by atoms with Crippen LogP contribution in [0.5, 0.6) is 5.88 Å². The summed E-state index contributed by atoms with van der Waals surface area (Å²) >= 11 is 0. The Balaban J connectivity index is 1.99. The van der Waals surface area contributed by atoms with E-state index in [9.17, 15) is 9.18 Å². The first-order chi connectivity index (χ1) is 11.6. The molecule has 24 heavy (non-hydrogen) atoms. The Morgan fingerprint density at radius 1 is 1.17 bits per heavy atom. The van der Waals surface area contributed by atoms with Crippen molar-refractivity contribution in [1.29, 1.82) is 0 Å². The summed E-state index contributed by atoms with van der Waals surface area (Å²) in [4.78, 5) is 21.3. The lowest BCUT2D eigenvalue weighted by Crippen LogP contribution is -2.17. The number of aromatic nitrogens is 2. The van der Waals surface area contributed by atoms with Gasteiger partial charge in [0.1, 0.15) is 5.82 Å². The van der Waals surface area contributed by atoms with Crippen molar-refractivity contribution in [3.05, 3.63) is 59.5 Å². The SMILES string of the molecule is CCOc1nc2ccccc2nc1C(=O)Nc1ccc(F)cc1C. The van der Waals surface area contributed by atoms with Crippen molar-refractivity contribution in [2.45, 2.75) is 13.8 Å². The van der Waals surface area contributed by atoms with Gasteiger partial charge in [-0.15, -0.1) is 0 Å². The molecule has 6 heteroatoms. The molecule has 0 saturated heterocycles. The predicted molar refractivity (Wildman–Crippen MR) is 89.8 cm³/mol. The molecule has 1 aromatic heterocycles. The topological polar surface area (TPSA) is 64.1 Å². The number of halogens is 1. The van der Waals surface area contributed by atoms with Crippen molar-refractivity contribution in [3.8, 4) is 5.88 Å². The quantitative estimate of drug-likeness (QED) is 0.794. The van der Waals surface area contributed by atoms with Gasteiger partial charge in [-0.3, -0.25) is 4.79 Å². The monoisotopic (exact) mass is 325 g/mol. The average molecular weight is 325 g/mol. The molecule has 5 nitrogen and oxygen atoms in total. The van der Waals surface area contributed by atoms with Crippen LogP contribution in [0.15, 0.2) is 42.5 Å². The van der Waals surface area contributed by atoms with E-state index in [1.54, 1.807) is 19.1 Å². The van der Waals surface area contributed by atoms with Gasteiger partial charge in [0.2, 0.25) is 5.88 Å². The Hall–Kier alpha value is -3.02. The van der Waals surface area contributed by atoms with Crippen LogP contribution < -0.4 is 10.1 Å². The zero-order valence-electron chi connectivity index (χ0n) is 13.3. The van der Waals surface area contributed by atoms with E-state index in [1.165, 1.54) is 18.2 Å². The standard InChI is InChI=1S/C18H16FN3O2/c1-3-24-18-16(20-14-6-4-5-7-15(14)22-18)17(23)21-13-9-8-12(19)10-11(13)2/h4-10H,3H2,1-2H3,(H,21,23). The number of carbonyl (C=O) groups is 1. The number of hydrogen-bond acceptors (Lipinski definition) is 4. The minimum atomic E-state index is -0.452. The van der Waals surface area contributed by atoms with Crippen molar-refractivity contribution < 1.29 is 13.9 Å². The molecular formula is C18H16FN3O2. The average Bonchev–Trinajstić information content (AvgIpc) is 2.57. The van der Waals surface area contributed by atoms with E-state index in [2.05, 4.69) is 15.3 Å². The molecule has 3 rings (SSSR count). The van der Waals surface area contributed by atoms with Crippen LogP contribution in [-0.2, 0) is 0 Å². The Morgan fingerprint density at radius 2 is 1.88 bits per heavy atom. The number of carbonyl (C=O) groups excluding carboxylic acids is 1. The highest BCUT2D eigenvalue weighted by Gasteiger charge is 2.18. The van der Waals surface area contributed by atoms with Gasteiger partial charge in [0.05, 0.1) is 17.6 Å². The van der Waals surface area contributed by atoms with Crippen LogP contribution >= 0.6 is 0 Å². The van der Waals surface area contributed by atoms with Crippen molar-refractivity contribution in [2.24, 2.45) is 0 Å². The van der Waals surface area contributed by atoms with Crippen molar-refractivity contribution >= 4 is 22.6 Å². The lowest BCUT2D eigenvalue weighted by Gasteiger charge is -2.11. The van der Waals surface area contributed by atoms with E-state index in [0.717, 1.165) is 0 Å². The first-order valence-corrected chi connectivity index (χ1v) is 7.55. The maximum atomic E-state index is 13.2. The smallest absolute Gasteiger partial charge is 0.279 e. The van der Waals surface area contributed by atoms with Crippen LogP contribution in [-0.4, -0.2) is 22.5 Å². The van der Waals surface area contributed by atoms with E-state index in [1.807, 2.05) is 19.1 Å². The second-order valence-electron chi connectivity index (χ2n) is 5.21. The van der Waals surface area contributed by atoms with Gasteiger partial charge >= 0.3 is 0 Å². The maximum Gasteiger partial charge on any atom is 0.279 e. The highest BCUT2D eigenvalue weighted by Crippen LogP contribution is 2.22. The number of rotatable bonds is 4. The van der Waals surface area contributed by atoms with E-state index in [4.69, 9.17) is 4.74 Å². The number of aryl methyl sites for hydroxylation is 1. The molecule has 0 saturated carbocycles. The van der Waals surface area contributed by atoms with Crippen LogP contribution in [0.3, 0.4) is 0 Å². The second-order valence-corrected chi connectivity index (χ2v) is 5.21. The lowest BCUT2D eigenvalue weighted by molar-refractivity contribution is 0.101. The fourth-order valence-corrected chi connectivity index (χ4v) is 2.32. The molecule has 1 heterocycles. The zero-order valence-corrected chi connectivity index (χ0v) is 13.3. The number of benzene rings is 2. The zero-order chi connectivity index (χ0) is 17.1. The first kappa shape index (κ1) is 15.9. The molecule has 122 valence electrons. The predicted octanol–water partition coefficient (Wildman–Crippen LogP) is 3.73. The number of amides is 1. The van der Waals surface area contributed by atoms with E-state index in [0.29, 0.717) is 28.9 Å². The van der Waals surface area contributed by atoms with Crippen molar-refractivity contribution in [3.63, 3.8) is 0 Å². The van der Waals surface area contributed by atoms with Crippen LogP contribution in [0.2, 0.25) is 0 Å². The molecule has 2 aromatic carbocycles. The van der Waals surface area contributed by atoms with Gasteiger partial charge in [0.15, 0.2) is 5.69 Å². The molecule has 1 amide bonds. The minimum Gasteiger partial charge on any atom is -0.476 e. The van der Waals surface area contributed by atoms with Gasteiger partial charge in [-0.05, 0) is 49.7 Å². The van der Waals surface area contributed by atoms with Gasteiger partial charge in [0, 0.05) is 5.69 Å². The molecule has 0 aliphatic rings. The summed E-state index contributed by atoms with van der Waals surface area (Å²) in [6, 6.07) is 11.4. The number of nitrogens with zero attached hydrogens (tertiary/aromatic N) is 2. The molecule has 0 spiro atoms. The van der Waals surface area contributed by atoms with E-state index >= 15 is 0 Å². The summed E-state index contributed by atoms with van der Waals surface area (Å²) in [7, 11) is 0. The molecule has 0 aliphatic carbocycles. The van der Waals surface area contributed by atoms with Gasteiger partial charge in [-0.1, -0.05) is 12.1 Å². The molecule has 1 N–H and O–H groups in total. The number of para-hydroxylation sites is 2. The Labute approximate surface area is 138 Å². The number of nitrogens with one attached hydrogen (secondary N) is 1. The van der Waals surface area contributed by atoms with Crippen LogP contribution in [0.25, 0.3) is 11.0 Å². The number of ether oxygens (including phenoxy) is 1. The molecule has 3 aromatic rings. The molecular weight excluding hydrogens is 309 g/mol. The van der Waals surface area contributed by atoms with Crippen LogP contribution in [0.4, 0.5) is 10.1 Å². The summed E-state index contributed by atoms with van der Waals surface area (Å²) < 4.78 is 18.7. The Morgan fingerprint density at radius 3 is 2.54 bits per heavy atom. The first-order valence-electron chi connectivity index (χ1n) is 7.55. The summed E-state index contributed by atoms with van der Waals surface area (Å²) in [6.45, 7) is 3.89. The van der Waals surface area contributed by atoms with Crippen molar-refractivity contribution in [2.75, 3.05) is 11.9 Å². The Bertz CT molecular complexity index is 912. The summed E-state index contributed by atoms with van der Waals surface area (Å²) in [5, 5.41) is 2.73. The van der Waals surface area contributed by atoms with Gasteiger partial charge in [-0.25, -0.2) is 14.4 Å². The van der Waals surface area contributed by atoms with Gasteiger partial charge in [-0.2, -0.15) is 0 Å². The molecule has 0 atom stereocenters. The van der Waals surface area contributed by atoms with Gasteiger partial charge in [0.25, 0.3) is 5.91 Å². The molecule has 0 bridgehead atoms. The highest BCUT2D eigenvalue weighted by atomic mass is 19.1. The maximum absolute atomic E-state index is 13.2. The third-order valence-electron chi connectivity index (χ3n) is 3.47. The normalized spacial score (nSPS) is 10.6. The van der Waals surface area contributed by atoms with E-state index in [-0.39, 0.29) is 17.4 Å². The Kier molecular flexibility index (Phi) is 4.37. The number of hydrogen-bond donors (Lipinski definition) is 1. The molecule has 0 fully saturated rings. The summed E-state index contributed by atoms with van der Waals surface area (Å²) in [5.74, 6) is -0.633. The second kappa shape index (κ2) is 6.62. The summed E-state index contributed by atoms with van der Waals surface area (Å²) in [6.07, 6.45) is 0. The number of fused-ring (bicyclic) bond motifs is 1.